The third kappa shape index (κ3) is 3.92. The van der Waals surface area contributed by atoms with Crippen molar-refractivity contribution >= 4 is 17.6 Å². The first-order valence-corrected chi connectivity index (χ1v) is 9.14. The van der Waals surface area contributed by atoms with Gasteiger partial charge in [0.2, 0.25) is 5.91 Å². The van der Waals surface area contributed by atoms with Crippen LogP contribution in [-0.2, 0) is 4.79 Å². The molecule has 2 fully saturated rings. The van der Waals surface area contributed by atoms with Crippen LogP contribution in [0.4, 0.5) is 14.9 Å². The van der Waals surface area contributed by atoms with Gasteiger partial charge < -0.3 is 19.9 Å². The number of aryl methyl sites for hydroxylation is 1. The van der Waals surface area contributed by atoms with Crippen molar-refractivity contribution in [3.8, 4) is 5.75 Å². The summed E-state index contributed by atoms with van der Waals surface area (Å²) in [5.41, 5.74) is 1.48. The van der Waals surface area contributed by atoms with Gasteiger partial charge in [-0.1, -0.05) is 6.07 Å². The molecule has 2 saturated heterocycles. The Kier molecular flexibility index (Phi) is 5.64. The second-order valence-electron chi connectivity index (χ2n) is 7.02. The van der Waals surface area contributed by atoms with Gasteiger partial charge in [-0.25, -0.2) is 9.18 Å². The van der Waals surface area contributed by atoms with Crippen molar-refractivity contribution in [1.29, 1.82) is 0 Å². The number of halogens is 1. The van der Waals surface area contributed by atoms with E-state index in [0.29, 0.717) is 24.5 Å². The number of anilines is 1. The molecule has 0 aromatic heterocycles. The van der Waals surface area contributed by atoms with Gasteiger partial charge in [0.1, 0.15) is 18.0 Å². The quantitative estimate of drug-likeness (QED) is 0.898. The molecule has 0 bridgehead atoms. The molecule has 7 heteroatoms. The monoisotopic (exact) mass is 363 g/mol. The maximum Gasteiger partial charge on any atom is 0.322 e. The summed E-state index contributed by atoms with van der Waals surface area (Å²) in [6.45, 7) is 3.22. The predicted molar refractivity (Wildman–Crippen MR) is 97.2 cm³/mol. The van der Waals surface area contributed by atoms with Gasteiger partial charge in [-0.2, -0.15) is 0 Å². The average molecular weight is 363 g/mol. The molecule has 1 N–H and O–H groups in total. The lowest BCUT2D eigenvalue weighted by atomic mass is 10.1. The minimum atomic E-state index is -1.18. The highest BCUT2D eigenvalue weighted by molar-refractivity contribution is 5.95. The van der Waals surface area contributed by atoms with Crippen molar-refractivity contribution in [2.24, 2.45) is 0 Å². The van der Waals surface area contributed by atoms with E-state index >= 15 is 0 Å². The molecule has 0 saturated carbocycles. The van der Waals surface area contributed by atoms with Gasteiger partial charge in [-0.3, -0.25) is 4.79 Å². The number of alkyl halides is 1. The molecule has 1 aromatic rings. The number of amides is 3. The summed E-state index contributed by atoms with van der Waals surface area (Å²) in [5, 5.41) is 2.78. The van der Waals surface area contributed by atoms with E-state index in [1.54, 1.807) is 17.0 Å². The highest BCUT2D eigenvalue weighted by Gasteiger charge is 2.42. The van der Waals surface area contributed by atoms with E-state index in [2.05, 4.69) is 5.32 Å². The number of hydrogen-bond acceptors (Lipinski definition) is 3. The Balaban J connectivity index is 1.74. The number of hydrogen-bond donors (Lipinski definition) is 1. The zero-order chi connectivity index (χ0) is 18.7. The molecule has 142 valence electrons. The van der Waals surface area contributed by atoms with Crippen molar-refractivity contribution in [3.63, 3.8) is 0 Å². The molecule has 0 spiro atoms. The van der Waals surface area contributed by atoms with Gasteiger partial charge in [0.15, 0.2) is 0 Å². The van der Waals surface area contributed by atoms with Crippen LogP contribution in [0.15, 0.2) is 18.2 Å². The van der Waals surface area contributed by atoms with Gasteiger partial charge >= 0.3 is 6.03 Å². The van der Waals surface area contributed by atoms with E-state index in [1.165, 1.54) is 12.0 Å². The summed E-state index contributed by atoms with van der Waals surface area (Å²) in [5.74, 6) is 0.384. The normalized spacial score (nSPS) is 23.0. The summed E-state index contributed by atoms with van der Waals surface area (Å²) in [6, 6.07) is 4.23. The fourth-order valence-electron chi connectivity index (χ4n) is 3.67. The number of urea groups is 1. The summed E-state index contributed by atoms with van der Waals surface area (Å²) >= 11 is 0. The number of ether oxygens (including phenoxy) is 1. The molecular formula is C19H26FN3O3. The van der Waals surface area contributed by atoms with Gasteiger partial charge in [0.05, 0.1) is 19.3 Å². The molecule has 0 unspecified atom stereocenters. The SMILES string of the molecule is COc1ccc(C)cc1NC(=O)N1C[C@@H](F)C[C@H]1C(=O)N1CCCCC1. The van der Waals surface area contributed by atoms with Gasteiger partial charge in [-0.15, -0.1) is 0 Å². The Morgan fingerprint density at radius 3 is 2.65 bits per heavy atom. The fourth-order valence-corrected chi connectivity index (χ4v) is 3.67. The molecule has 0 aliphatic carbocycles. The van der Waals surface area contributed by atoms with Crippen LogP contribution >= 0.6 is 0 Å². The Bertz CT molecular complexity index is 676. The summed E-state index contributed by atoms with van der Waals surface area (Å²) in [7, 11) is 1.52. The lowest BCUT2D eigenvalue weighted by molar-refractivity contribution is -0.136. The summed E-state index contributed by atoms with van der Waals surface area (Å²) in [6.07, 6.45) is 1.92. The van der Waals surface area contributed by atoms with Crippen molar-refractivity contribution in [2.45, 2.75) is 44.8 Å². The number of methoxy groups -OCH3 is 1. The minimum Gasteiger partial charge on any atom is -0.495 e. The van der Waals surface area contributed by atoms with Crippen molar-refractivity contribution in [3.05, 3.63) is 23.8 Å². The molecule has 1 aromatic carbocycles. The molecule has 2 heterocycles. The predicted octanol–water partition coefficient (Wildman–Crippen LogP) is 2.96. The van der Waals surface area contributed by atoms with E-state index in [4.69, 9.17) is 4.74 Å². The number of carbonyl (C=O) groups is 2. The molecule has 2 aliphatic rings. The summed E-state index contributed by atoms with van der Waals surface area (Å²) in [4.78, 5) is 28.6. The molecule has 26 heavy (non-hydrogen) atoms. The number of benzene rings is 1. The Labute approximate surface area is 153 Å². The zero-order valence-electron chi connectivity index (χ0n) is 15.3. The topological polar surface area (TPSA) is 61.9 Å². The first-order valence-electron chi connectivity index (χ1n) is 9.14. The lowest BCUT2D eigenvalue weighted by Crippen LogP contribution is -2.50. The van der Waals surface area contributed by atoms with Crippen LogP contribution in [0.25, 0.3) is 0 Å². The van der Waals surface area contributed by atoms with Crippen molar-refractivity contribution in [1.82, 2.24) is 9.80 Å². The third-order valence-electron chi connectivity index (χ3n) is 5.06. The van der Waals surface area contributed by atoms with E-state index in [-0.39, 0.29) is 18.9 Å². The van der Waals surface area contributed by atoms with Crippen LogP contribution in [0.1, 0.15) is 31.2 Å². The lowest BCUT2D eigenvalue weighted by Gasteiger charge is -2.32. The number of rotatable bonds is 3. The van der Waals surface area contributed by atoms with Crippen LogP contribution in [-0.4, -0.2) is 60.7 Å². The van der Waals surface area contributed by atoms with E-state index < -0.39 is 18.2 Å². The average Bonchev–Trinajstić information content (AvgIpc) is 3.04. The minimum absolute atomic E-state index is 0.0632. The highest BCUT2D eigenvalue weighted by Crippen LogP contribution is 2.28. The standard InChI is InChI=1S/C19H26FN3O3/c1-13-6-7-17(26-2)15(10-13)21-19(25)23-12-14(20)11-16(23)18(24)22-8-4-3-5-9-22/h6-7,10,14,16H,3-5,8-9,11-12H2,1-2H3,(H,21,25)/t14-,16-/m0/s1. The smallest absolute Gasteiger partial charge is 0.322 e. The van der Waals surface area contributed by atoms with E-state index in [1.807, 2.05) is 13.0 Å². The van der Waals surface area contributed by atoms with Crippen molar-refractivity contribution < 1.29 is 18.7 Å². The molecule has 2 aliphatic heterocycles. The highest BCUT2D eigenvalue weighted by atomic mass is 19.1. The van der Waals surface area contributed by atoms with E-state index in [9.17, 15) is 14.0 Å². The molecule has 3 amide bonds. The number of nitrogens with zero attached hydrogens (tertiary/aromatic N) is 2. The van der Waals surface area contributed by atoms with Crippen LogP contribution < -0.4 is 10.1 Å². The Morgan fingerprint density at radius 1 is 1.23 bits per heavy atom. The Morgan fingerprint density at radius 2 is 1.96 bits per heavy atom. The molecule has 2 atom stereocenters. The molecule has 0 radical (unpaired) electrons. The first kappa shape index (κ1) is 18.5. The van der Waals surface area contributed by atoms with Gasteiger partial charge in [0, 0.05) is 19.5 Å². The fraction of sp³-hybridized carbons (Fsp3) is 0.579. The molecular weight excluding hydrogens is 337 g/mol. The summed E-state index contributed by atoms with van der Waals surface area (Å²) < 4.78 is 19.3. The Hall–Kier alpha value is -2.31. The number of likely N-dealkylation sites (tertiary alicyclic amines) is 2. The number of piperidine rings is 1. The van der Waals surface area contributed by atoms with Gasteiger partial charge in [0.25, 0.3) is 0 Å². The van der Waals surface area contributed by atoms with Crippen LogP contribution in [0, 0.1) is 6.92 Å². The number of nitrogens with one attached hydrogen (secondary N) is 1. The molecule has 6 nitrogen and oxygen atoms in total. The van der Waals surface area contributed by atoms with E-state index in [0.717, 1.165) is 24.8 Å². The van der Waals surface area contributed by atoms with Crippen LogP contribution in [0.3, 0.4) is 0 Å². The largest absolute Gasteiger partial charge is 0.495 e. The second kappa shape index (κ2) is 7.93. The second-order valence-corrected chi connectivity index (χ2v) is 7.02. The van der Waals surface area contributed by atoms with Crippen LogP contribution in [0.5, 0.6) is 5.75 Å². The zero-order valence-corrected chi connectivity index (χ0v) is 15.3. The number of carbonyl (C=O) groups excluding carboxylic acids is 2. The van der Waals surface area contributed by atoms with Crippen molar-refractivity contribution in [2.75, 3.05) is 32.1 Å². The maximum atomic E-state index is 14.0. The van der Waals surface area contributed by atoms with Crippen LogP contribution in [0.2, 0.25) is 0 Å². The first-order chi connectivity index (χ1) is 12.5. The molecule has 3 rings (SSSR count). The maximum absolute atomic E-state index is 14.0. The van der Waals surface area contributed by atoms with Gasteiger partial charge in [-0.05, 0) is 43.9 Å². The third-order valence-corrected chi connectivity index (χ3v) is 5.06.